The predicted octanol–water partition coefficient (Wildman–Crippen LogP) is 1.83. The van der Waals surface area contributed by atoms with Crippen LogP contribution in [-0.4, -0.2) is 25.1 Å². The number of nitrogens with two attached hydrogens (primary N) is 1. The largest absolute Gasteiger partial charge is 0.472 e. The fourth-order valence-electron chi connectivity index (χ4n) is 2.81. The Bertz CT molecular complexity index is 1220. The van der Waals surface area contributed by atoms with Gasteiger partial charge in [0.2, 0.25) is 12.6 Å². The Hall–Kier alpha value is -3.57. The van der Waals surface area contributed by atoms with Gasteiger partial charge in [0.25, 0.3) is 5.82 Å². The van der Waals surface area contributed by atoms with E-state index in [0.717, 1.165) is 5.56 Å². The highest BCUT2D eigenvalue weighted by molar-refractivity contribution is 7.46. The fraction of sp³-hybridized carbons (Fsp3) is 0.158. The van der Waals surface area contributed by atoms with Crippen molar-refractivity contribution < 1.29 is 37.2 Å². The van der Waals surface area contributed by atoms with Crippen molar-refractivity contribution in [2.24, 2.45) is 0 Å². The van der Waals surface area contributed by atoms with E-state index in [-0.39, 0.29) is 12.4 Å². The second kappa shape index (κ2) is 9.28. The number of phosphoric acid groups is 1. The molecule has 0 saturated carbocycles. The number of ether oxygens (including phenoxy) is 1. The van der Waals surface area contributed by atoms with Gasteiger partial charge < -0.3 is 23.6 Å². The van der Waals surface area contributed by atoms with Crippen molar-refractivity contribution in [2.75, 3.05) is 5.73 Å². The molecule has 166 valence electrons. The molecular weight excluding hydrogens is 441 g/mol. The molecule has 4 aromatic rings. The van der Waals surface area contributed by atoms with Crippen molar-refractivity contribution in [2.45, 2.75) is 19.8 Å². The number of hydrogen-bond donors (Lipinski definition) is 3. The smallest absolute Gasteiger partial charge is 0.471 e. The molecule has 0 fully saturated rings. The quantitative estimate of drug-likeness (QED) is 0.246. The first-order valence-electron chi connectivity index (χ1n) is 9.28. The second-order valence-corrected chi connectivity index (χ2v) is 7.91. The molecule has 0 spiro atoms. The molecule has 4 heterocycles. The SMILES string of the molecule is Nc1c(-c2cc(Cc3ccc(OCc4ccon4)nc3)no2)ccc[n+]1COP(=O)(O)O. The lowest BCUT2D eigenvalue weighted by Crippen LogP contribution is -2.38. The number of phosphoric ester groups is 1. The van der Waals surface area contributed by atoms with Gasteiger partial charge in [-0.05, 0) is 17.7 Å². The van der Waals surface area contributed by atoms with Crippen LogP contribution in [0.4, 0.5) is 5.82 Å². The van der Waals surface area contributed by atoms with Crippen molar-refractivity contribution in [1.82, 2.24) is 15.3 Å². The van der Waals surface area contributed by atoms with Gasteiger partial charge >= 0.3 is 7.82 Å². The highest BCUT2D eigenvalue weighted by Gasteiger charge is 2.20. The van der Waals surface area contributed by atoms with Crippen molar-refractivity contribution in [3.63, 3.8) is 0 Å². The topological polar surface area (TPSA) is 171 Å². The highest BCUT2D eigenvalue weighted by atomic mass is 31.2. The lowest BCUT2D eigenvalue weighted by Gasteiger charge is -2.07. The Morgan fingerprint density at radius 2 is 2.03 bits per heavy atom. The zero-order valence-corrected chi connectivity index (χ0v) is 17.5. The zero-order valence-electron chi connectivity index (χ0n) is 16.6. The summed E-state index contributed by atoms with van der Waals surface area (Å²) in [6.07, 6.45) is 5.15. The monoisotopic (exact) mass is 460 g/mol. The number of rotatable bonds is 9. The van der Waals surface area contributed by atoms with Gasteiger partial charge in [-0.25, -0.2) is 18.6 Å². The summed E-state index contributed by atoms with van der Waals surface area (Å²) in [7, 11) is -4.63. The standard InChI is InChI=1S/C19H18N5O7P/c20-19-16(2-1-6-24(19)12-30-32(25,26)27)17-9-15(23-31-17)8-13-3-4-18(21-10-13)28-11-14-5-7-29-22-14/h1-7,9-10,20H,8,11-12H2,(H2,25,26,27)/p+1. The molecule has 0 aliphatic rings. The summed E-state index contributed by atoms with van der Waals surface area (Å²) in [4.78, 5) is 22.0. The van der Waals surface area contributed by atoms with E-state index in [9.17, 15) is 4.57 Å². The fourth-order valence-corrected chi connectivity index (χ4v) is 3.09. The third-order valence-corrected chi connectivity index (χ3v) is 4.80. The van der Waals surface area contributed by atoms with Crippen molar-refractivity contribution >= 4 is 13.6 Å². The number of hydrogen-bond acceptors (Lipinski definition) is 9. The number of pyridine rings is 2. The van der Waals surface area contributed by atoms with Gasteiger partial charge in [0, 0.05) is 30.8 Å². The summed E-state index contributed by atoms with van der Waals surface area (Å²) < 4.78 is 32.5. The van der Waals surface area contributed by atoms with E-state index in [1.807, 2.05) is 6.07 Å². The minimum Gasteiger partial charge on any atom is -0.471 e. The van der Waals surface area contributed by atoms with E-state index < -0.39 is 14.6 Å². The maximum Gasteiger partial charge on any atom is 0.472 e. The molecule has 0 saturated heterocycles. The van der Waals surface area contributed by atoms with Gasteiger partial charge in [-0.3, -0.25) is 5.73 Å². The Morgan fingerprint density at radius 3 is 2.75 bits per heavy atom. The average Bonchev–Trinajstić information content (AvgIpc) is 3.44. The van der Waals surface area contributed by atoms with Crippen molar-refractivity contribution in [3.05, 3.63) is 72.0 Å². The first kappa shape index (κ1) is 21.7. The van der Waals surface area contributed by atoms with Gasteiger partial charge in [0.1, 0.15) is 24.1 Å². The van der Waals surface area contributed by atoms with Crippen molar-refractivity contribution in [3.8, 4) is 17.2 Å². The number of aromatic nitrogens is 4. The molecule has 0 unspecified atom stereocenters. The third-order valence-electron chi connectivity index (χ3n) is 4.35. The molecule has 0 aliphatic carbocycles. The van der Waals surface area contributed by atoms with Gasteiger partial charge in [-0.1, -0.05) is 16.4 Å². The summed E-state index contributed by atoms with van der Waals surface area (Å²) in [5, 5.41) is 7.83. The second-order valence-electron chi connectivity index (χ2n) is 6.67. The molecule has 13 heteroatoms. The van der Waals surface area contributed by atoms with Crippen LogP contribution in [0.1, 0.15) is 17.0 Å². The lowest BCUT2D eigenvalue weighted by atomic mass is 10.1. The first-order chi connectivity index (χ1) is 15.4. The van der Waals surface area contributed by atoms with E-state index in [1.54, 1.807) is 36.5 Å². The van der Waals surface area contributed by atoms with Gasteiger partial charge in [0.15, 0.2) is 5.76 Å². The Kier molecular flexibility index (Phi) is 6.28. The molecule has 0 bridgehead atoms. The Balaban J connectivity index is 1.41. The number of anilines is 1. The summed E-state index contributed by atoms with van der Waals surface area (Å²) in [5.41, 5.74) is 8.82. The molecule has 4 rings (SSSR count). The van der Waals surface area contributed by atoms with Crippen LogP contribution in [-0.2, 0) is 28.8 Å². The van der Waals surface area contributed by atoms with Crippen LogP contribution in [0.15, 0.2) is 64.1 Å². The van der Waals surface area contributed by atoms with Crippen LogP contribution in [0.2, 0.25) is 0 Å². The molecule has 0 aliphatic heterocycles. The van der Waals surface area contributed by atoms with Crippen LogP contribution in [0, 0.1) is 0 Å². The summed E-state index contributed by atoms with van der Waals surface area (Å²) in [6.45, 7) is -0.158. The summed E-state index contributed by atoms with van der Waals surface area (Å²) in [6, 6.07) is 10.4. The zero-order chi connectivity index (χ0) is 22.6. The van der Waals surface area contributed by atoms with E-state index in [2.05, 4.69) is 19.8 Å². The molecule has 0 aromatic carbocycles. The van der Waals surface area contributed by atoms with E-state index in [1.165, 1.54) is 17.0 Å². The first-order valence-corrected chi connectivity index (χ1v) is 10.8. The van der Waals surface area contributed by atoms with Crippen LogP contribution >= 0.6 is 7.82 Å². The molecule has 32 heavy (non-hydrogen) atoms. The Labute approximate surface area is 181 Å². The number of nitrogen functional groups attached to an aromatic ring is 1. The third kappa shape index (κ3) is 5.56. The van der Waals surface area contributed by atoms with Crippen LogP contribution in [0.3, 0.4) is 0 Å². The average molecular weight is 460 g/mol. The van der Waals surface area contributed by atoms with Gasteiger partial charge in [-0.2, -0.15) is 0 Å². The van der Waals surface area contributed by atoms with Crippen LogP contribution in [0.25, 0.3) is 11.3 Å². The molecule has 0 amide bonds. The van der Waals surface area contributed by atoms with E-state index >= 15 is 0 Å². The molecule has 0 atom stereocenters. The summed E-state index contributed by atoms with van der Waals surface area (Å²) in [5.74, 6) is 1.07. The molecule has 12 nitrogen and oxygen atoms in total. The maximum absolute atomic E-state index is 10.9. The van der Waals surface area contributed by atoms with Crippen LogP contribution in [0.5, 0.6) is 5.88 Å². The van der Waals surface area contributed by atoms with Gasteiger partial charge in [0.05, 0.1) is 11.9 Å². The maximum atomic E-state index is 10.9. The van der Waals surface area contributed by atoms with Crippen LogP contribution < -0.4 is 15.0 Å². The normalized spacial score (nSPS) is 11.6. The molecule has 4 aromatic heterocycles. The van der Waals surface area contributed by atoms with Crippen molar-refractivity contribution in [1.29, 1.82) is 0 Å². The minimum absolute atomic E-state index is 0.207. The lowest BCUT2D eigenvalue weighted by molar-refractivity contribution is -0.711. The molecule has 4 N–H and O–H groups in total. The Morgan fingerprint density at radius 1 is 1.16 bits per heavy atom. The molecular formula is C19H19N5O7P+. The van der Waals surface area contributed by atoms with E-state index in [0.29, 0.717) is 35.0 Å². The predicted molar refractivity (Wildman–Crippen MR) is 108 cm³/mol. The highest BCUT2D eigenvalue weighted by Crippen LogP contribution is 2.35. The van der Waals surface area contributed by atoms with Gasteiger partial charge in [-0.15, -0.1) is 0 Å². The van der Waals surface area contributed by atoms with E-state index in [4.69, 9.17) is 29.3 Å². The summed E-state index contributed by atoms with van der Waals surface area (Å²) >= 11 is 0. The number of nitrogens with zero attached hydrogens (tertiary/aromatic N) is 4. The minimum atomic E-state index is -4.63. The molecule has 0 radical (unpaired) electrons.